The fourth-order valence-electron chi connectivity index (χ4n) is 2.15. The molecule has 0 atom stereocenters. The highest BCUT2D eigenvalue weighted by atomic mass is 16.2. The van der Waals surface area contributed by atoms with Crippen molar-refractivity contribution in [3.8, 4) is 0 Å². The van der Waals surface area contributed by atoms with Crippen LogP contribution in [0, 0.1) is 6.92 Å². The van der Waals surface area contributed by atoms with Crippen molar-refractivity contribution in [2.24, 2.45) is 5.84 Å². The molecule has 0 bridgehead atoms. The molecule has 0 radical (unpaired) electrons. The lowest BCUT2D eigenvalue weighted by molar-refractivity contribution is 0.0724. The summed E-state index contributed by atoms with van der Waals surface area (Å²) in [5, 5.41) is 0. The topological polar surface area (TPSA) is 71.2 Å². The van der Waals surface area contributed by atoms with Gasteiger partial charge in [0.15, 0.2) is 0 Å². The molecule has 17 heavy (non-hydrogen) atoms. The fraction of sp³-hybridized carbons (Fsp3) is 0.500. The van der Waals surface area contributed by atoms with Crippen LogP contribution in [0.25, 0.3) is 0 Å². The molecule has 1 aliphatic heterocycles. The van der Waals surface area contributed by atoms with Crippen LogP contribution in [-0.2, 0) is 0 Å². The van der Waals surface area contributed by atoms with E-state index in [2.05, 4.69) is 10.4 Å². The Labute approximate surface area is 101 Å². The number of hydrogen-bond donors (Lipinski definition) is 2. The number of hydrazine groups is 1. The first-order chi connectivity index (χ1) is 8.20. The second-order valence-corrected chi connectivity index (χ2v) is 4.38. The molecule has 2 rings (SSSR count). The van der Waals surface area contributed by atoms with Gasteiger partial charge >= 0.3 is 0 Å². The summed E-state index contributed by atoms with van der Waals surface area (Å²) in [6.45, 7) is 3.56. The maximum Gasteiger partial charge on any atom is 0.254 e. The highest BCUT2D eigenvalue weighted by molar-refractivity contribution is 5.95. The Kier molecular flexibility index (Phi) is 3.58. The minimum Gasteiger partial charge on any atom is -0.339 e. The van der Waals surface area contributed by atoms with Crippen molar-refractivity contribution in [2.75, 3.05) is 18.5 Å². The van der Waals surface area contributed by atoms with E-state index in [9.17, 15) is 4.79 Å². The molecule has 0 spiro atoms. The number of carbonyl (C=O) groups is 1. The van der Waals surface area contributed by atoms with E-state index in [4.69, 9.17) is 5.84 Å². The van der Waals surface area contributed by atoms with Crippen molar-refractivity contribution in [1.29, 1.82) is 0 Å². The summed E-state index contributed by atoms with van der Waals surface area (Å²) >= 11 is 0. The lowest BCUT2D eigenvalue weighted by Crippen LogP contribution is -2.35. The van der Waals surface area contributed by atoms with Gasteiger partial charge in [0.25, 0.3) is 5.91 Å². The van der Waals surface area contributed by atoms with Crippen LogP contribution in [0.3, 0.4) is 0 Å². The predicted octanol–water partition coefficient (Wildman–Crippen LogP) is 1.30. The third-order valence-corrected chi connectivity index (χ3v) is 2.99. The van der Waals surface area contributed by atoms with Gasteiger partial charge in [0.2, 0.25) is 0 Å². The maximum absolute atomic E-state index is 12.2. The zero-order valence-corrected chi connectivity index (χ0v) is 10.1. The number of hydrogen-bond acceptors (Lipinski definition) is 4. The Morgan fingerprint density at radius 2 is 2.06 bits per heavy atom. The van der Waals surface area contributed by atoms with Crippen LogP contribution in [-0.4, -0.2) is 28.9 Å². The Bertz CT molecular complexity index is 413. The molecule has 1 aromatic heterocycles. The average Bonchev–Trinajstić information content (AvgIpc) is 2.38. The third kappa shape index (κ3) is 2.74. The number of pyridine rings is 1. The smallest absolute Gasteiger partial charge is 0.254 e. The van der Waals surface area contributed by atoms with Gasteiger partial charge in [-0.05, 0) is 38.3 Å². The number of aromatic nitrogens is 1. The number of anilines is 1. The summed E-state index contributed by atoms with van der Waals surface area (Å²) in [5.41, 5.74) is 3.94. The van der Waals surface area contributed by atoms with Gasteiger partial charge in [-0.1, -0.05) is 0 Å². The van der Waals surface area contributed by atoms with Gasteiger partial charge < -0.3 is 10.3 Å². The van der Waals surface area contributed by atoms with Crippen LogP contribution in [0.1, 0.15) is 35.3 Å². The van der Waals surface area contributed by atoms with Crippen molar-refractivity contribution >= 4 is 11.7 Å². The first kappa shape index (κ1) is 11.9. The summed E-state index contributed by atoms with van der Waals surface area (Å²) in [4.78, 5) is 18.3. The van der Waals surface area contributed by atoms with Gasteiger partial charge in [-0.25, -0.2) is 10.8 Å². The number of nitrogens with two attached hydrogens (primary N) is 1. The molecule has 2 heterocycles. The monoisotopic (exact) mass is 234 g/mol. The third-order valence-electron chi connectivity index (χ3n) is 2.99. The number of amides is 1. The van der Waals surface area contributed by atoms with Crippen LogP contribution < -0.4 is 11.3 Å². The van der Waals surface area contributed by atoms with E-state index >= 15 is 0 Å². The Hall–Kier alpha value is -1.62. The van der Waals surface area contributed by atoms with Crippen LogP contribution in [0.2, 0.25) is 0 Å². The molecular weight excluding hydrogens is 216 g/mol. The van der Waals surface area contributed by atoms with Crippen molar-refractivity contribution < 1.29 is 4.79 Å². The molecule has 1 amide bonds. The van der Waals surface area contributed by atoms with Gasteiger partial charge in [0, 0.05) is 24.3 Å². The summed E-state index contributed by atoms with van der Waals surface area (Å²) < 4.78 is 0. The van der Waals surface area contributed by atoms with Crippen molar-refractivity contribution in [3.05, 3.63) is 23.4 Å². The molecule has 1 aliphatic rings. The maximum atomic E-state index is 12.2. The number of piperidine rings is 1. The van der Waals surface area contributed by atoms with E-state index in [1.165, 1.54) is 6.42 Å². The lowest BCUT2D eigenvalue weighted by Gasteiger charge is -2.26. The summed E-state index contributed by atoms with van der Waals surface area (Å²) in [7, 11) is 0. The van der Waals surface area contributed by atoms with Crippen molar-refractivity contribution in [1.82, 2.24) is 9.88 Å². The minimum absolute atomic E-state index is 0.0756. The zero-order valence-electron chi connectivity index (χ0n) is 10.1. The number of aryl methyl sites for hydroxylation is 1. The van der Waals surface area contributed by atoms with Gasteiger partial charge in [0.05, 0.1) is 0 Å². The normalized spacial score (nSPS) is 15.8. The fourth-order valence-corrected chi connectivity index (χ4v) is 2.15. The molecule has 5 nitrogen and oxygen atoms in total. The molecular formula is C12H18N4O. The van der Waals surface area contributed by atoms with E-state index in [0.29, 0.717) is 11.4 Å². The number of carbonyl (C=O) groups excluding carboxylic acids is 1. The largest absolute Gasteiger partial charge is 0.339 e. The number of likely N-dealkylation sites (tertiary alicyclic amines) is 1. The summed E-state index contributed by atoms with van der Waals surface area (Å²) in [5.74, 6) is 5.94. The highest BCUT2D eigenvalue weighted by Gasteiger charge is 2.18. The first-order valence-corrected chi connectivity index (χ1v) is 5.95. The standard InChI is InChI=1S/C12H18N4O/c1-9-7-10(8-11(14-9)15-13)12(17)16-5-3-2-4-6-16/h7-8H,2-6,13H2,1H3,(H,14,15). The van der Waals surface area contributed by atoms with Crippen LogP contribution in [0.15, 0.2) is 12.1 Å². The molecule has 0 unspecified atom stereocenters. The number of nitrogens with zero attached hydrogens (tertiary/aromatic N) is 2. The molecule has 1 saturated heterocycles. The van der Waals surface area contributed by atoms with Crippen LogP contribution in [0.4, 0.5) is 5.82 Å². The van der Waals surface area contributed by atoms with E-state index < -0.39 is 0 Å². The Balaban J connectivity index is 2.20. The quantitative estimate of drug-likeness (QED) is 0.597. The number of nitrogens with one attached hydrogen (secondary N) is 1. The first-order valence-electron chi connectivity index (χ1n) is 5.95. The van der Waals surface area contributed by atoms with E-state index in [0.717, 1.165) is 31.6 Å². The van der Waals surface area contributed by atoms with Crippen LogP contribution >= 0.6 is 0 Å². The number of rotatable bonds is 2. The molecule has 0 aromatic carbocycles. The summed E-state index contributed by atoms with van der Waals surface area (Å²) in [6.07, 6.45) is 3.41. The SMILES string of the molecule is Cc1cc(C(=O)N2CCCCC2)cc(NN)n1. The van der Waals surface area contributed by atoms with Gasteiger partial charge in [0.1, 0.15) is 5.82 Å². The van der Waals surface area contributed by atoms with Gasteiger partial charge in [-0.2, -0.15) is 0 Å². The van der Waals surface area contributed by atoms with Gasteiger partial charge in [-0.3, -0.25) is 4.79 Å². The molecule has 92 valence electrons. The molecule has 3 N–H and O–H groups in total. The zero-order chi connectivity index (χ0) is 12.3. The lowest BCUT2D eigenvalue weighted by atomic mass is 10.1. The average molecular weight is 234 g/mol. The molecule has 0 aliphatic carbocycles. The van der Waals surface area contributed by atoms with E-state index in [-0.39, 0.29) is 5.91 Å². The highest BCUT2D eigenvalue weighted by Crippen LogP contribution is 2.15. The second kappa shape index (κ2) is 5.14. The Morgan fingerprint density at radius 3 is 2.71 bits per heavy atom. The van der Waals surface area contributed by atoms with Gasteiger partial charge in [-0.15, -0.1) is 0 Å². The van der Waals surface area contributed by atoms with Crippen LogP contribution in [0.5, 0.6) is 0 Å². The molecule has 1 fully saturated rings. The molecule has 1 aromatic rings. The molecule has 0 saturated carbocycles. The van der Waals surface area contributed by atoms with Crippen molar-refractivity contribution in [2.45, 2.75) is 26.2 Å². The van der Waals surface area contributed by atoms with Crippen molar-refractivity contribution in [3.63, 3.8) is 0 Å². The molecule has 5 heteroatoms. The van der Waals surface area contributed by atoms with E-state index in [1.54, 1.807) is 12.1 Å². The summed E-state index contributed by atoms with van der Waals surface area (Å²) in [6, 6.07) is 3.50. The minimum atomic E-state index is 0.0756. The van der Waals surface area contributed by atoms with E-state index in [1.807, 2.05) is 11.8 Å². The second-order valence-electron chi connectivity index (χ2n) is 4.38. The Morgan fingerprint density at radius 1 is 1.35 bits per heavy atom. The number of nitrogen functional groups attached to an aromatic ring is 1. The predicted molar refractivity (Wildman–Crippen MR) is 66.5 cm³/mol.